The molecule has 1 amide bonds. The van der Waals surface area contributed by atoms with Crippen molar-refractivity contribution in [1.82, 2.24) is 14.9 Å². The molecular weight excluding hydrogens is 458 g/mol. The van der Waals surface area contributed by atoms with Crippen molar-refractivity contribution < 1.29 is 13.2 Å². The number of anilines is 2. The second-order valence-electron chi connectivity index (χ2n) is 8.38. The Kier molecular flexibility index (Phi) is 7.06. The second-order valence-corrected chi connectivity index (χ2v) is 11.3. The summed E-state index contributed by atoms with van der Waals surface area (Å²) in [6.45, 7) is 6.44. The molecule has 33 heavy (non-hydrogen) atoms. The molecule has 1 atom stereocenters. The molecule has 0 bridgehead atoms. The monoisotopic (exact) mass is 485 g/mol. The maximum Gasteiger partial charge on any atom is 0.270 e. The van der Waals surface area contributed by atoms with Gasteiger partial charge in [-0.25, -0.2) is 13.1 Å². The molecule has 1 aliphatic heterocycles. The van der Waals surface area contributed by atoms with Crippen LogP contribution in [0.5, 0.6) is 0 Å². The molecule has 0 saturated carbocycles. The Morgan fingerprint density at radius 1 is 1.12 bits per heavy atom. The van der Waals surface area contributed by atoms with Crippen LogP contribution in [0.3, 0.4) is 0 Å². The zero-order valence-electron chi connectivity index (χ0n) is 18.6. The van der Waals surface area contributed by atoms with Crippen molar-refractivity contribution in [3.63, 3.8) is 0 Å². The molecule has 174 valence electrons. The summed E-state index contributed by atoms with van der Waals surface area (Å²) in [5, 5.41) is 10.3. The largest absolute Gasteiger partial charge is 0.371 e. The Bertz CT molecular complexity index is 1210. The number of nitrogens with one attached hydrogen (secondary N) is 2. The van der Waals surface area contributed by atoms with Crippen molar-refractivity contribution in [2.75, 3.05) is 23.3 Å². The van der Waals surface area contributed by atoms with Gasteiger partial charge in [-0.1, -0.05) is 48.1 Å². The summed E-state index contributed by atoms with van der Waals surface area (Å²) >= 11 is 0.811. The lowest BCUT2D eigenvalue weighted by molar-refractivity contribution is 0.102. The van der Waals surface area contributed by atoms with E-state index in [1.807, 2.05) is 43.3 Å². The first-order chi connectivity index (χ1) is 15.8. The van der Waals surface area contributed by atoms with Gasteiger partial charge in [0.25, 0.3) is 15.9 Å². The van der Waals surface area contributed by atoms with Crippen molar-refractivity contribution in [3.8, 4) is 0 Å². The number of rotatable bonds is 7. The van der Waals surface area contributed by atoms with Gasteiger partial charge in [-0.2, -0.15) is 0 Å². The van der Waals surface area contributed by atoms with Crippen LogP contribution in [0.4, 0.5) is 10.8 Å². The number of sulfonamides is 1. The van der Waals surface area contributed by atoms with E-state index in [2.05, 4.69) is 32.1 Å². The number of carbonyl (C=O) groups is 1. The van der Waals surface area contributed by atoms with Gasteiger partial charge in [0.1, 0.15) is 0 Å². The van der Waals surface area contributed by atoms with Crippen molar-refractivity contribution in [2.45, 2.75) is 37.6 Å². The highest BCUT2D eigenvalue weighted by molar-refractivity contribution is 7.91. The molecule has 0 spiro atoms. The molecule has 1 aliphatic rings. The van der Waals surface area contributed by atoms with Gasteiger partial charge < -0.3 is 4.90 Å². The van der Waals surface area contributed by atoms with Crippen molar-refractivity contribution in [2.24, 2.45) is 5.92 Å². The highest BCUT2D eigenvalue weighted by Crippen LogP contribution is 2.24. The Hall–Kier alpha value is -2.82. The minimum Gasteiger partial charge on any atom is -0.371 e. The molecule has 8 nitrogen and oxygen atoms in total. The lowest BCUT2D eigenvalue weighted by Gasteiger charge is -2.32. The molecule has 2 N–H and O–H groups in total. The fourth-order valence-electron chi connectivity index (χ4n) is 3.73. The number of benzene rings is 2. The van der Waals surface area contributed by atoms with Gasteiger partial charge in [0, 0.05) is 30.9 Å². The Morgan fingerprint density at radius 3 is 2.55 bits per heavy atom. The van der Waals surface area contributed by atoms with Gasteiger partial charge in [0.2, 0.25) is 9.47 Å². The minimum atomic E-state index is -3.85. The maximum absolute atomic E-state index is 12.6. The summed E-state index contributed by atoms with van der Waals surface area (Å²) in [7, 11) is -3.85. The summed E-state index contributed by atoms with van der Waals surface area (Å²) in [6, 6.07) is 15.0. The van der Waals surface area contributed by atoms with E-state index in [0.29, 0.717) is 11.5 Å². The summed E-state index contributed by atoms with van der Waals surface area (Å²) in [5.41, 5.74) is 3.51. The number of aryl methyl sites for hydroxylation is 1. The highest BCUT2D eigenvalue weighted by Gasteiger charge is 2.21. The Balaban J connectivity index is 1.35. The molecule has 2 aromatic carbocycles. The summed E-state index contributed by atoms with van der Waals surface area (Å²) in [5.74, 6) is 0.315. The summed E-state index contributed by atoms with van der Waals surface area (Å²) < 4.78 is 27.6. The third kappa shape index (κ3) is 5.95. The van der Waals surface area contributed by atoms with Gasteiger partial charge in [-0.3, -0.25) is 10.1 Å². The molecule has 1 fully saturated rings. The predicted molar refractivity (Wildman–Crippen MR) is 130 cm³/mol. The van der Waals surface area contributed by atoms with Crippen molar-refractivity contribution in [1.29, 1.82) is 0 Å². The van der Waals surface area contributed by atoms with E-state index in [-0.39, 0.29) is 21.9 Å². The molecular formula is C23H27N5O3S2. The first-order valence-electron chi connectivity index (χ1n) is 10.9. The van der Waals surface area contributed by atoms with Crippen LogP contribution in [0.15, 0.2) is 52.9 Å². The summed E-state index contributed by atoms with van der Waals surface area (Å²) in [4.78, 5) is 14.7. The molecule has 0 radical (unpaired) electrons. The number of piperidine rings is 1. The normalized spacial score (nSPS) is 16.5. The second kappa shape index (κ2) is 9.98. The molecule has 3 aromatic rings. The van der Waals surface area contributed by atoms with Crippen LogP contribution in [0.1, 0.15) is 41.3 Å². The minimum absolute atomic E-state index is 0.126. The number of hydrogen-bond acceptors (Lipinski definition) is 7. The highest BCUT2D eigenvalue weighted by atomic mass is 32.2. The number of amides is 1. The fourth-order valence-corrected chi connectivity index (χ4v) is 5.69. The Morgan fingerprint density at radius 2 is 1.85 bits per heavy atom. The Labute approximate surface area is 198 Å². The summed E-state index contributed by atoms with van der Waals surface area (Å²) in [6.07, 6.45) is 2.46. The van der Waals surface area contributed by atoms with Crippen LogP contribution < -0.4 is 14.9 Å². The lowest BCUT2D eigenvalue weighted by atomic mass is 9.99. The third-order valence-corrected chi connectivity index (χ3v) is 8.20. The maximum atomic E-state index is 12.6. The smallest absolute Gasteiger partial charge is 0.270 e. The van der Waals surface area contributed by atoms with Crippen LogP contribution in [0, 0.1) is 12.8 Å². The van der Waals surface area contributed by atoms with Crippen LogP contribution in [-0.4, -0.2) is 37.6 Å². The van der Waals surface area contributed by atoms with Crippen LogP contribution in [0.2, 0.25) is 0 Å². The average molecular weight is 486 g/mol. The van der Waals surface area contributed by atoms with E-state index in [4.69, 9.17) is 0 Å². The SMILES string of the molecule is Cc1ccc(C(=O)Nc2nnc(S(=O)(=O)NCc3ccc(N4CCCC(C)C4)cc3)s2)cc1. The van der Waals surface area contributed by atoms with Crippen LogP contribution >= 0.6 is 11.3 Å². The van der Waals surface area contributed by atoms with Gasteiger partial charge >= 0.3 is 0 Å². The van der Waals surface area contributed by atoms with E-state index >= 15 is 0 Å². The number of nitrogens with zero attached hydrogens (tertiary/aromatic N) is 3. The van der Waals surface area contributed by atoms with Crippen LogP contribution in [-0.2, 0) is 16.6 Å². The lowest BCUT2D eigenvalue weighted by Crippen LogP contribution is -2.34. The van der Waals surface area contributed by atoms with Crippen molar-refractivity contribution >= 4 is 38.1 Å². The van der Waals surface area contributed by atoms with E-state index in [0.717, 1.165) is 41.2 Å². The molecule has 1 unspecified atom stereocenters. The first kappa shape index (κ1) is 23.3. The molecule has 10 heteroatoms. The first-order valence-corrected chi connectivity index (χ1v) is 13.2. The number of carbonyl (C=O) groups excluding carboxylic acids is 1. The fraction of sp³-hybridized carbons (Fsp3) is 0.348. The zero-order valence-corrected chi connectivity index (χ0v) is 20.2. The van der Waals surface area contributed by atoms with Crippen molar-refractivity contribution in [3.05, 3.63) is 65.2 Å². The van der Waals surface area contributed by atoms with E-state index in [1.165, 1.54) is 12.8 Å². The van der Waals surface area contributed by atoms with Gasteiger partial charge in [-0.05, 0) is 55.5 Å². The van der Waals surface area contributed by atoms with E-state index in [1.54, 1.807) is 12.1 Å². The molecule has 2 heterocycles. The topological polar surface area (TPSA) is 104 Å². The standard InChI is InChI=1S/C23H27N5O3S2/c1-16-5-9-19(10-6-16)21(29)25-22-26-27-23(32-22)33(30,31)24-14-18-7-11-20(12-8-18)28-13-3-4-17(2)15-28/h5-12,17,24H,3-4,13-15H2,1-2H3,(H,25,26,29). The predicted octanol–water partition coefficient (Wildman–Crippen LogP) is 3.81. The van der Waals surface area contributed by atoms with Crippen LogP contribution in [0.25, 0.3) is 0 Å². The van der Waals surface area contributed by atoms with Gasteiger partial charge in [-0.15, -0.1) is 10.2 Å². The quantitative estimate of drug-likeness (QED) is 0.493. The third-order valence-electron chi connectivity index (χ3n) is 5.60. The number of aromatic nitrogens is 2. The molecule has 1 aromatic heterocycles. The molecule has 4 rings (SSSR count). The zero-order chi connectivity index (χ0) is 23.4. The number of hydrogen-bond donors (Lipinski definition) is 2. The molecule has 1 saturated heterocycles. The van der Waals surface area contributed by atoms with Gasteiger partial charge in [0.05, 0.1) is 0 Å². The van der Waals surface area contributed by atoms with E-state index < -0.39 is 10.0 Å². The van der Waals surface area contributed by atoms with E-state index in [9.17, 15) is 13.2 Å². The molecule has 0 aliphatic carbocycles. The van der Waals surface area contributed by atoms with Gasteiger partial charge in [0.15, 0.2) is 0 Å². The average Bonchev–Trinajstić information content (AvgIpc) is 3.28.